The molecule has 0 fully saturated rings. The molecule has 0 saturated heterocycles. The van der Waals surface area contributed by atoms with Gasteiger partial charge in [0, 0.05) is 7.11 Å². The molecule has 1 atom stereocenters. The van der Waals surface area contributed by atoms with Gasteiger partial charge in [-0.15, -0.1) is 0 Å². The second-order valence-corrected chi connectivity index (χ2v) is 3.89. The van der Waals surface area contributed by atoms with Crippen LogP contribution in [0.2, 0.25) is 0 Å². The van der Waals surface area contributed by atoms with Gasteiger partial charge >= 0.3 is 7.82 Å². The summed E-state index contributed by atoms with van der Waals surface area (Å²) in [6, 6.07) is 0. The van der Waals surface area contributed by atoms with E-state index in [4.69, 9.17) is 15.1 Å². The SMILES string of the molecule is COP(=O)(O)OC(COCO)COCO. The first-order valence-corrected chi connectivity index (χ1v) is 5.49. The molecule has 0 heterocycles. The number of hydrogen-bond donors (Lipinski definition) is 3. The first-order chi connectivity index (χ1) is 7.05. The molecule has 0 radical (unpaired) electrons. The van der Waals surface area contributed by atoms with E-state index < -0.39 is 27.5 Å². The molecule has 0 rings (SSSR count). The lowest BCUT2D eigenvalue weighted by atomic mass is 10.4. The van der Waals surface area contributed by atoms with Crippen LogP contribution in [0.5, 0.6) is 0 Å². The van der Waals surface area contributed by atoms with E-state index in [1.54, 1.807) is 0 Å². The van der Waals surface area contributed by atoms with Gasteiger partial charge in [-0.1, -0.05) is 0 Å². The Morgan fingerprint density at radius 3 is 2.00 bits per heavy atom. The summed E-state index contributed by atoms with van der Waals surface area (Å²) < 4.78 is 28.9. The summed E-state index contributed by atoms with van der Waals surface area (Å²) in [5.41, 5.74) is 0. The molecule has 0 spiro atoms. The fraction of sp³-hybridized carbons (Fsp3) is 1.00. The maximum atomic E-state index is 11.0. The molecule has 0 bridgehead atoms. The highest BCUT2D eigenvalue weighted by atomic mass is 31.2. The lowest BCUT2D eigenvalue weighted by Gasteiger charge is -2.18. The molecule has 0 amide bonds. The van der Waals surface area contributed by atoms with E-state index in [2.05, 4.69) is 18.5 Å². The Labute approximate surface area is 87.0 Å². The normalized spacial score (nSPS) is 15.5. The van der Waals surface area contributed by atoms with Crippen LogP contribution >= 0.6 is 7.82 Å². The Hall–Kier alpha value is -0.0500. The largest absolute Gasteiger partial charge is 0.472 e. The van der Waals surface area contributed by atoms with Crippen LogP contribution in [0, 0.1) is 0 Å². The molecule has 0 saturated carbocycles. The Morgan fingerprint density at radius 2 is 1.67 bits per heavy atom. The number of aliphatic hydroxyl groups is 2. The maximum Gasteiger partial charge on any atom is 0.472 e. The van der Waals surface area contributed by atoms with Crippen molar-refractivity contribution in [1.82, 2.24) is 0 Å². The van der Waals surface area contributed by atoms with Crippen LogP contribution in [0.15, 0.2) is 0 Å². The summed E-state index contributed by atoms with van der Waals surface area (Å²) >= 11 is 0. The lowest BCUT2D eigenvalue weighted by Crippen LogP contribution is -2.25. The van der Waals surface area contributed by atoms with Gasteiger partial charge in [-0.3, -0.25) is 9.05 Å². The molecule has 3 N–H and O–H groups in total. The number of hydrogen-bond acceptors (Lipinski definition) is 7. The zero-order valence-corrected chi connectivity index (χ0v) is 9.13. The van der Waals surface area contributed by atoms with Crippen molar-refractivity contribution in [1.29, 1.82) is 0 Å². The van der Waals surface area contributed by atoms with Crippen molar-refractivity contribution in [3.63, 3.8) is 0 Å². The van der Waals surface area contributed by atoms with Crippen LogP contribution in [0.25, 0.3) is 0 Å². The molecule has 92 valence electrons. The second-order valence-electron chi connectivity index (χ2n) is 2.38. The van der Waals surface area contributed by atoms with Crippen LogP contribution in [-0.2, 0) is 23.1 Å². The Morgan fingerprint density at radius 1 is 1.20 bits per heavy atom. The number of aliphatic hydroxyl groups excluding tert-OH is 2. The van der Waals surface area contributed by atoms with Crippen molar-refractivity contribution in [2.24, 2.45) is 0 Å². The van der Waals surface area contributed by atoms with Crippen molar-refractivity contribution in [3.8, 4) is 0 Å². The fourth-order valence-corrected chi connectivity index (χ4v) is 1.29. The van der Waals surface area contributed by atoms with Crippen molar-refractivity contribution in [2.45, 2.75) is 6.10 Å². The number of phosphoric ester groups is 1. The smallest absolute Gasteiger partial charge is 0.371 e. The summed E-state index contributed by atoms with van der Waals surface area (Å²) in [5, 5.41) is 16.7. The minimum absolute atomic E-state index is 0.162. The van der Waals surface area contributed by atoms with Gasteiger partial charge < -0.3 is 24.6 Å². The Balaban J connectivity index is 4.04. The van der Waals surface area contributed by atoms with Crippen LogP contribution in [-0.4, -0.2) is 55.1 Å². The third kappa shape index (κ3) is 7.83. The Kier molecular flexibility index (Phi) is 8.12. The molecular formula is C6H15O8P. The Bertz CT molecular complexity index is 190. The first-order valence-electron chi connectivity index (χ1n) is 4.00. The van der Waals surface area contributed by atoms with E-state index in [0.29, 0.717) is 0 Å². The van der Waals surface area contributed by atoms with Gasteiger partial charge in [0.1, 0.15) is 19.7 Å². The second kappa shape index (κ2) is 8.14. The molecule has 9 heteroatoms. The predicted molar refractivity (Wildman–Crippen MR) is 47.8 cm³/mol. The molecule has 0 aromatic rings. The minimum atomic E-state index is -4.13. The molecule has 0 aromatic carbocycles. The molecule has 0 aliphatic rings. The average Bonchev–Trinajstić information content (AvgIpc) is 2.22. The third-order valence-electron chi connectivity index (χ3n) is 1.30. The maximum absolute atomic E-state index is 11.0. The van der Waals surface area contributed by atoms with Crippen molar-refractivity contribution < 1.29 is 38.2 Å². The van der Waals surface area contributed by atoms with E-state index >= 15 is 0 Å². The van der Waals surface area contributed by atoms with Crippen LogP contribution < -0.4 is 0 Å². The molecule has 15 heavy (non-hydrogen) atoms. The number of rotatable bonds is 9. The van der Waals surface area contributed by atoms with Crippen LogP contribution in [0.4, 0.5) is 0 Å². The predicted octanol–water partition coefficient (Wildman–Crippen LogP) is -0.949. The summed E-state index contributed by atoms with van der Waals surface area (Å²) in [6.45, 7) is -1.43. The zero-order valence-electron chi connectivity index (χ0n) is 8.24. The van der Waals surface area contributed by atoms with Gasteiger partial charge in [0.2, 0.25) is 0 Å². The highest BCUT2D eigenvalue weighted by Crippen LogP contribution is 2.43. The zero-order chi connectivity index (χ0) is 11.7. The van der Waals surface area contributed by atoms with E-state index in [1.165, 1.54) is 0 Å². The average molecular weight is 246 g/mol. The number of ether oxygens (including phenoxy) is 2. The highest BCUT2D eigenvalue weighted by Gasteiger charge is 2.25. The molecule has 1 unspecified atom stereocenters. The summed E-state index contributed by atoms with van der Waals surface area (Å²) in [6.07, 6.45) is -0.917. The molecule has 8 nitrogen and oxygen atoms in total. The van der Waals surface area contributed by atoms with Gasteiger partial charge in [-0.2, -0.15) is 0 Å². The standard InChI is InChI=1S/C6H15O8P/c1-11-15(9,10)14-6(2-12-4-7)3-13-5-8/h6-8H,2-5H2,1H3,(H,9,10). The van der Waals surface area contributed by atoms with Crippen molar-refractivity contribution >= 4 is 7.82 Å². The van der Waals surface area contributed by atoms with Gasteiger partial charge in [-0.25, -0.2) is 4.57 Å². The lowest BCUT2D eigenvalue weighted by molar-refractivity contribution is -0.0841. The molecule has 0 aliphatic heterocycles. The topological polar surface area (TPSA) is 115 Å². The van der Waals surface area contributed by atoms with E-state index in [9.17, 15) is 4.57 Å². The van der Waals surface area contributed by atoms with E-state index in [-0.39, 0.29) is 13.2 Å². The summed E-state index contributed by atoms with van der Waals surface area (Å²) in [4.78, 5) is 8.97. The summed E-state index contributed by atoms with van der Waals surface area (Å²) in [7, 11) is -3.12. The van der Waals surface area contributed by atoms with Crippen molar-refractivity contribution in [2.75, 3.05) is 33.9 Å². The van der Waals surface area contributed by atoms with Gasteiger partial charge in [0.25, 0.3) is 0 Å². The monoisotopic (exact) mass is 246 g/mol. The third-order valence-corrected chi connectivity index (χ3v) is 2.33. The number of phosphoric acid groups is 1. The van der Waals surface area contributed by atoms with Gasteiger partial charge in [-0.05, 0) is 0 Å². The molecule has 0 aliphatic carbocycles. The molecule has 0 aromatic heterocycles. The van der Waals surface area contributed by atoms with Crippen molar-refractivity contribution in [3.05, 3.63) is 0 Å². The van der Waals surface area contributed by atoms with E-state index in [1.807, 2.05) is 0 Å². The van der Waals surface area contributed by atoms with Gasteiger partial charge in [0.15, 0.2) is 0 Å². The molecular weight excluding hydrogens is 231 g/mol. The van der Waals surface area contributed by atoms with Crippen LogP contribution in [0.1, 0.15) is 0 Å². The highest BCUT2D eigenvalue weighted by molar-refractivity contribution is 7.47. The van der Waals surface area contributed by atoms with Gasteiger partial charge in [0.05, 0.1) is 13.2 Å². The first kappa shape index (κ1) is 14.9. The fourth-order valence-electron chi connectivity index (χ4n) is 0.709. The summed E-state index contributed by atoms with van der Waals surface area (Å²) in [5.74, 6) is 0. The quantitative estimate of drug-likeness (QED) is 0.352. The minimum Gasteiger partial charge on any atom is -0.371 e. The van der Waals surface area contributed by atoms with Crippen LogP contribution in [0.3, 0.4) is 0 Å². The van der Waals surface area contributed by atoms with E-state index in [0.717, 1.165) is 7.11 Å².